The zero-order valence-corrected chi connectivity index (χ0v) is 6.79. The highest BCUT2D eigenvalue weighted by Crippen LogP contribution is 2.48. The van der Waals surface area contributed by atoms with Crippen LogP contribution in [0.2, 0.25) is 0 Å². The second-order valence-corrected chi connectivity index (χ2v) is 3.26. The maximum absolute atomic E-state index is 10.9. The van der Waals surface area contributed by atoms with Gasteiger partial charge in [0.15, 0.2) is 0 Å². The number of nitrogens with zero attached hydrogens (tertiary/aromatic N) is 1. The van der Waals surface area contributed by atoms with Crippen molar-refractivity contribution in [3.63, 3.8) is 0 Å². The number of imidazole rings is 1. The predicted octanol–water partition coefficient (Wildman–Crippen LogP) is 0.834. The monoisotopic (exact) mass is 166 g/mol. The van der Waals surface area contributed by atoms with Crippen LogP contribution in [0.1, 0.15) is 24.2 Å². The molecule has 0 aliphatic heterocycles. The molecule has 4 heteroatoms. The summed E-state index contributed by atoms with van der Waals surface area (Å²) in [5, 5.41) is 8.95. The molecule has 0 amide bonds. The van der Waals surface area contributed by atoms with Crippen LogP contribution in [0.25, 0.3) is 0 Å². The van der Waals surface area contributed by atoms with Crippen molar-refractivity contribution in [3.05, 3.63) is 17.7 Å². The van der Waals surface area contributed by atoms with Gasteiger partial charge in [-0.1, -0.05) is 0 Å². The molecule has 1 saturated carbocycles. The molecule has 1 aliphatic carbocycles. The Hall–Kier alpha value is -1.32. The molecule has 1 fully saturated rings. The van der Waals surface area contributed by atoms with Crippen molar-refractivity contribution in [1.29, 1.82) is 0 Å². The lowest BCUT2D eigenvalue weighted by molar-refractivity contribution is -0.140. The fourth-order valence-electron chi connectivity index (χ4n) is 1.52. The minimum Gasteiger partial charge on any atom is -0.481 e. The number of rotatable bonds is 2. The van der Waals surface area contributed by atoms with Gasteiger partial charge in [-0.3, -0.25) is 4.79 Å². The summed E-state index contributed by atoms with van der Waals surface area (Å²) >= 11 is 0. The molecule has 1 aromatic rings. The quantitative estimate of drug-likeness (QED) is 0.684. The van der Waals surface area contributed by atoms with Gasteiger partial charge in [-0.2, -0.15) is 0 Å². The molecule has 1 heterocycles. The summed E-state index contributed by atoms with van der Waals surface area (Å²) in [5.74, 6) is -0.752. The first-order valence-electron chi connectivity index (χ1n) is 3.91. The van der Waals surface area contributed by atoms with E-state index >= 15 is 0 Å². The van der Waals surface area contributed by atoms with E-state index in [1.54, 1.807) is 6.33 Å². The van der Waals surface area contributed by atoms with Gasteiger partial charge in [-0.25, -0.2) is 4.98 Å². The SMILES string of the molecule is Cc1[nH]cnc1C1(C(=O)O)CC1. The number of carboxylic acids is 1. The van der Waals surface area contributed by atoms with Crippen LogP contribution in [-0.4, -0.2) is 21.0 Å². The number of aromatic amines is 1. The maximum atomic E-state index is 10.9. The molecule has 0 bridgehead atoms. The van der Waals surface area contributed by atoms with E-state index in [0.717, 1.165) is 5.69 Å². The molecular formula is C8H10N2O2. The minimum absolute atomic E-state index is 0.663. The average Bonchev–Trinajstić information content (AvgIpc) is 2.71. The highest BCUT2D eigenvalue weighted by molar-refractivity contribution is 5.84. The van der Waals surface area contributed by atoms with Crippen LogP contribution < -0.4 is 0 Å². The van der Waals surface area contributed by atoms with Crippen molar-refractivity contribution in [1.82, 2.24) is 9.97 Å². The van der Waals surface area contributed by atoms with E-state index in [0.29, 0.717) is 18.5 Å². The largest absolute Gasteiger partial charge is 0.481 e. The van der Waals surface area contributed by atoms with Gasteiger partial charge in [0.2, 0.25) is 0 Å². The Labute approximate surface area is 69.6 Å². The van der Waals surface area contributed by atoms with Crippen LogP contribution in [0, 0.1) is 6.92 Å². The first-order valence-corrected chi connectivity index (χ1v) is 3.91. The molecule has 1 aliphatic rings. The van der Waals surface area contributed by atoms with E-state index in [2.05, 4.69) is 9.97 Å². The van der Waals surface area contributed by atoms with Gasteiger partial charge in [0, 0.05) is 5.69 Å². The van der Waals surface area contributed by atoms with Gasteiger partial charge in [-0.15, -0.1) is 0 Å². The Kier molecular flexibility index (Phi) is 1.28. The number of aliphatic carboxylic acids is 1. The van der Waals surface area contributed by atoms with Gasteiger partial charge in [-0.05, 0) is 19.8 Å². The number of H-pyrrole nitrogens is 1. The van der Waals surface area contributed by atoms with E-state index in [1.807, 2.05) is 6.92 Å². The zero-order valence-electron chi connectivity index (χ0n) is 6.79. The summed E-state index contributed by atoms with van der Waals surface area (Å²) < 4.78 is 0. The molecule has 12 heavy (non-hydrogen) atoms. The van der Waals surface area contributed by atoms with Crippen molar-refractivity contribution in [2.75, 3.05) is 0 Å². The van der Waals surface area contributed by atoms with Gasteiger partial charge >= 0.3 is 5.97 Å². The normalized spacial score (nSPS) is 19.1. The van der Waals surface area contributed by atoms with Gasteiger partial charge in [0.1, 0.15) is 5.41 Å². The Morgan fingerprint density at radius 2 is 2.42 bits per heavy atom. The second-order valence-electron chi connectivity index (χ2n) is 3.26. The third kappa shape index (κ3) is 0.776. The molecule has 0 aromatic carbocycles. The lowest BCUT2D eigenvalue weighted by Crippen LogP contribution is -2.20. The molecule has 0 radical (unpaired) electrons. The molecule has 0 saturated heterocycles. The Morgan fingerprint density at radius 1 is 1.75 bits per heavy atom. The molecule has 2 N–H and O–H groups in total. The molecule has 0 spiro atoms. The molecule has 0 atom stereocenters. The van der Waals surface area contributed by atoms with E-state index in [9.17, 15) is 4.79 Å². The predicted molar refractivity (Wildman–Crippen MR) is 41.9 cm³/mol. The number of hydrogen-bond acceptors (Lipinski definition) is 2. The van der Waals surface area contributed by atoms with Gasteiger partial charge in [0.25, 0.3) is 0 Å². The van der Waals surface area contributed by atoms with Crippen LogP contribution in [0.4, 0.5) is 0 Å². The third-order valence-electron chi connectivity index (χ3n) is 2.44. The van der Waals surface area contributed by atoms with Gasteiger partial charge < -0.3 is 10.1 Å². The highest BCUT2D eigenvalue weighted by atomic mass is 16.4. The highest BCUT2D eigenvalue weighted by Gasteiger charge is 2.54. The fourth-order valence-corrected chi connectivity index (χ4v) is 1.52. The number of aryl methyl sites for hydroxylation is 1. The van der Waals surface area contributed by atoms with E-state index in [4.69, 9.17) is 5.11 Å². The fraction of sp³-hybridized carbons (Fsp3) is 0.500. The van der Waals surface area contributed by atoms with Crippen molar-refractivity contribution >= 4 is 5.97 Å². The number of carboxylic acid groups (broad SMARTS) is 1. The van der Waals surface area contributed by atoms with E-state index in [1.165, 1.54) is 0 Å². The summed E-state index contributed by atoms with van der Waals surface area (Å²) in [5.41, 5.74) is 0.911. The standard InChI is InChI=1S/C8H10N2O2/c1-5-6(10-4-9-5)8(2-3-8)7(11)12/h4H,2-3H2,1H3,(H,9,10)(H,11,12). The molecular weight excluding hydrogens is 156 g/mol. The zero-order chi connectivity index (χ0) is 8.77. The number of aromatic nitrogens is 2. The summed E-state index contributed by atoms with van der Waals surface area (Å²) in [6.45, 7) is 1.85. The molecule has 1 aromatic heterocycles. The first-order chi connectivity index (χ1) is 5.67. The van der Waals surface area contributed by atoms with Crippen LogP contribution in [-0.2, 0) is 10.2 Å². The van der Waals surface area contributed by atoms with Crippen molar-refractivity contribution in [3.8, 4) is 0 Å². The second kappa shape index (κ2) is 2.09. The topological polar surface area (TPSA) is 66.0 Å². The Bertz CT molecular complexity index is 326. The average molecular weight is 166 g/mol. The van der Waals surface area contributed by atoms with Crippen LogP contribution in [0.3, 0.4) is 0 Å². The van der Waals surface area contributed by atoms with E-state index < -0.39 is 11.4 Å². The maximum Gasteiger partial charge on any atom is 0.315 e. The summed E-state index contributed by atoms with van der Waals surface area (Å²) in [6, 6.07) is 0. The van der Waals surface area contributed by atoms with Crippen LogP contribution in [0.15, 0.2) is 6.33 Å². The smallest absolute Gasteiger partial charge is 0.315 e. The molecule has 0 unspecified atom stereocenters. The number of carbonyl (C=O) groups is 1. The molecule has 2 rings (SSSR count). The lowest BCUT2D eigenvalue weighted by Gasteiger charge is -2.06. The van der Waals surface area contributed by atoms with Gasteiger partial charge in [0.05, 0.1) is 12.0 Å². The Morgan fingerprint density at radius 3 is 2.75 bits per heavy atom. The van der Waals surface area contributed by atoms with Crippen LogP contribution in [0.5, 0.6) is 0 Å². The van der Waals surface area contributed by atoms with Crippen molar-refractivity contribution in [2.24, 2.45) is 0 Å². The summed E-state index contributed by atoms with van der Waals surface area (Å²) in [7, 11) is 0. The first kappa shape index (κ1) is 7.34. The number of nitrogens with one attached hydrogen (secondary N) is 1. The summed E-state index contributed by atoms with van der Waals surface area (Å²) in [4.78, 5) is 17.8. The molecule has 64 valence electrons. The van der Waals surface area contributed by atoms with Crippen molar-refractivity contribution < 1.29 is 9.90 Å². The molecule has 4 nitrogen and oxygen atoms in total. The minimum atomic E-state index is -0.752. The summed E-state index contributed by atoms with van der Waals surface area (Å²) in [6.07, 6.45) is 2.98. The Balaban J connectivity index is 2.43. The third-order valence-corrected chi connectivity index (χ3v) is 2.44. The van der Waals surface area contributed by atoms with E-state index in [-0.39, 0.29) is 0 Å². The number of hydrogen-bond donors (Lipinski definition) is 2. The lowest BCUT2D eigenvalue weighted by atomic mass is 10.0. The van der Waals surface area contributed by atoms with Crippen molar-refractivity contribution in [2.45, 2.75) is 25.2 Å². The van der Waals surface area contributed by atoms with Crippen LogP contribution >= 0.6 is 0 Å².